The average molecular weight is 287 g/mol. The van der Waals surface area contributed by atoms with Gasteiger partial charge in [0.2, 0.25) is 5.91 Å². The standard InChI is InChI=1S/C15H17N3OS/c19-14(17-15-16-8-11-20-15)13(18-9-4-5-10-18)12-6-2-1-3-7-12/h1-3,6-8,11,13H,4-5,9-10H2,(H,16,17,19)/t13-/m0/s1. The summed E-state index contributed by atoms with van der Waals surface area (Å²) in [5.74, 6) is 0.00745. The molecule has 2 aromatic rings. The van der Waals surface area contributed by atoms with Crippen LogP contribution in [0.1, 0.15) is 24.4 Å². The molecular weight excluding hydrogens is 270 g/mol. The van der Waals surface area contributed by atoms with Crippen LogP contribution >= 0.6 is 11.3 Å². The summed E-state index contributed by atoms with van der Waals surface area (Å²) >= 11 is 1.44. The molecule has 1 N–H and O–H groups in total. The third kappa shape index (κ3) is 2.89. The third-order valence-corrected chi connectivity index (χ3v) is 4.22. The normalized spacial score (nSPS) is 17.0. The van der Waals surface area contributed by atoms with E-state index < -0.39 is 0 Å². The van der Waals surface area contributed by atoms with E-state index in [1.54, 1.807) is 6.20 Å². The zero-order chi connectivity index (χ0) is 13.8. The summed E-state index contributed by atoms with van der Waals surface area (Å²) in [5.41, 5.74) is 1.04. The van der Waals surface area contributed by atoms with Gasteiger partial charge in [0.05, 0.1) is 0 Å². The van der Waals surface area contributed by atoms with Crippen LogP contribution in [0.5, 0.6) is 0 Å². The van der Waals surface area contributed by atoms with E-state index in [-0.39, 0.29) is 11.9 Å². The van der Waals surface area contributed by atoms with Crippen LogP contribution in [-0.4, -0.2) is 28.9 Å². The van der Waals surface area contributed by atoms with Gasteiger partial charge in [-0.2, -0.15) is 0 Å². The first-order chi connectivity index (χ1) is 9.84. The fraction of sp³-hybridized carbons (Fsp3) is 0.333. The molecule has 0 aliphatic carbocycles. The molecule has 0 saturated carbocycles. The fourth-order valence-corrected chi connectivity index (χ4v) is 3.15. The molecule has 3 rings (SSSR count). The zero-order valence-electron chi connectivity index (χ0n) is 11.2. The highest BCUT2D eigenvalue weighted by Gasteiger charge is 2.29. The second kappa shape index (κ2) is 6.15. The van der Waals surface area contributed by atoms with Crippen molar-refractivity contribution in [3.8, 4) is 0 Å². The van der Waals surface area contributed by atoms with E-state index in [1.165, 1.54) is 11.3 Å². The Bertz CT molecular complexity index is 550. The summed E-state index contributed by atoms with van der Waals surface area (Å²) in [6.45, 7) is 1.95. The van der Waals surface area contributed by atoms with E-state index in [1.807, 2.05) is 35.7 Å². The van der Waals surface area contributed by atoms with Crippen LogP contribution in [0.25, 0.3) is 0 Å². The Morgan fingerprint density at radius 3 is 2.65 bits per heavy atom. The Kier molecular flexibility index (Phi) is 4.08. The van der Waals surface area contributed by atoms with Crippen molar-refractivity contribution in [1.29, 1.82) is 0 Å². The van der Waals surface area contributed by atoms with Crippen molar-refractivity contribution < 1.29 is 4.79 Å². The molecule has 0 bridgehead atoms. The number of nitrogens with zero attached hydrogens (tertiary/aromatic N) is 2. The quantitative estimate of drug-likeness (QED) is 0.940. The summed E-state index contributed by atoms with van der Waals surface area (Å²) in [4.78, 5) is 19.0. The van der Waals surface area contributed by atoms with Gasteiger partial charge in [-0.15, -0.1) is 11.3 Å². The smallest absolute Gasteiger partial charge is 0.248 e. The molecular formula is C15H17N3OS. The maximum Gasteiger partial charge on any atom is 0.248 e. The lowest BCUT2D eigenvalue weighted by Crippen LogP contribution is -2.35. The van der Waals surface area contributed by atoms with Crippen molar-refractivity contribution in [2.45, 2.75) is 18.9 Å². The number of rotatable bonds is 4. The van der Waals surface area contributed by atoms with Gasteiger partial charge in [-0.3, -0.25) is 9.69 Å². The molecule has 0 unspecified atom stereocenters. The number of benzene rings is 1. The summed E-state index contributed by atoms with van der Waals surface area (Å²) in [6.07, 6.45) is 4.02. The molecule has 1 aliphatic heterocycles. The van der Waals surface area contributed by atoms with Crippen molar-refractivity contribution in [2.24, 2.45) is 0 Å². The van der Waals surface area contributed by atoms with Crippen LogP contribution in [0.15, 0.2) is 41.9 Å². The molecule has 1 atom stereocenters. The van der Waals surface area contributed by atoms with Crippen molar-refractivity contribution in [3.63, 3.8) is 0 Å². The van der Waals surface area contributed by atoms with Crippen LogP contribution in [0.2, 0.25) is 0 Å². The van der Waals surface area contributed by atoms with Crippen LogP contribution in [0.3, 0.4) is 0 Å². The van der Waals surface area contributed by atoms with Crippen LogP contribution in [0.4, 0.5) is 5.13 Å². The molecule has 2 heterocycles. The number of thiazole rings is 1. The third-order valence-electron chi connectivity index (χ3n) is 3.53. The number of carbonyl (C=O) groups is 1. The van der Waals surface area contributed by atoms with Gasteiger partial charge >= 0.3 is 0 Å². The number of likely N-dealkylation sites (tertiary alicyclic amines) is 1. The number of aromatic nitrogens is 1. The van der Waals surface area contributed by atoms with Gasteiger partial charge in [0.1, 0.15) is 6.04 Å². The maximum absolute atomic E-state index is 12.6. The van der Waals surface area contributed by atoms with Gasteiger partial charge in [0.25, 0.3) is 0 Å². The number of hydrogen-bond donors (Lipinski definition) is 1. The van der Waals surface area contributed by atoms with Crippen molar-refractivity contribution in [1.82, 2.24) is 9.88 Å². The fourth-order valence-electron chi connectivity index (χ4n) is 2.62. The van der Waals surface area contributed by atoms with E-state index in [0.29, 0.717) is 5.13 Å². The summed E-state index contributed by atoms with van der Waals surface area (Å²) in [7, 11) is 0. The van der Waals surface area contributed by atoms with Crippen LogP contribution < -0.4 is 5.32 Å². The molecule has 1 aromatic carbocycles. The highest BCUT2D eigenvalue weighted by Crippen LogP contribution is 2.26. The Labute approximate surface area is 122 Å². The summed E-state index contributed by atoms with van der Waals surface area (Å²) in [6, 6.07) is 9.75. The Hall–Kier alpha value is -1.72. The minimum atomic E-state index is -0.220. The highest BCUT2D eigenvalue weighted by molar-refractivity contribution is 7.13. The SMILES string of the molecule is O=C(Nc1nccs1)[C@H](c1ccccc1)N1CCCC1. The summed E-state index contributed by atoms with van der Waals surface area (Å²) in [5, 5.41) is 5.45. The minimum absolute atomic E-state index is 0.00745. The van der Waals surface area contributed by atoms with Gasteiger partial charge in [0, 0.05) is 11.6 Å². The first-order valence-electron chi connectivity index (χ1n) is 6.84. The second-order valence-electron chi connectivity index (χ2n) is 4.88. The molecule has 1 saturated heterocycles. The molecule has 0 radical (unpaired) electrons. The Balaban J connectivity index is 1.83. The predicted octanol–water partition coefficient (Wildman–Crippen LogP) is 2.92. The summed E-state index contributed by atoms with van der Waals surface area (Å²) < 4.78 is 0. The molecule has 1 fully saturated rings. The Morgan fingerprint density at radius 1 is 1.25 bits per heavy atom. The monoisotopic (exact) mass is 287 g/mol. The molecule has 1 amide bonds. The van der Waals surface area contributed by atoms with Crippen molar-refractivity contribution >= 4 is 22.4 Å². The number of anilines is 1. The molecule has 5 heteroatoms. The lowest BCUT2D eigenvalue weighted by molar-refractivity contribution is -0.121. The topological polar surface area (TPSA) is 45.2 Å². The molecule has 1 aliphatic rings. The van der Waals surface area contributed by atoms with E-state index in [2.05, 4.69) is 15.2 Å². The van der Waals surface area contributed by atoms with Gasteiger partial charge in [0.15, 0.2) is 5.13 Å². The Morgan fingerprint density at radius 2 is 2.00 bits per heavy atom. The number of hydrogen-bond acceptors (Lipinski definition) is 4. The zero-order valence-corrected chi connectivity index (χ0v) is 12.0. The second-order valence-corrected chi connectivity index (χ2v) is 5.78. The van der Waals surface area contributed by atoms with E-state index in [9.17, 15) is 4.79 Å². The first-order valence-corrected chi connectivity index (χ1v) is 7.72. The van der Waals surface area contributed by atoms with E-state index in [0.717, 1.165) is 31.5 Å². The lowest BCUT2D eigenvalue weighted by atomic mass is 10.1. The largest absolute Gasteiger partial charge is 0.300 e. The van der Waals surface area contributed by atoms with Crippen LogP contribution in [0, 0.1) is 0 Å². The number of amides is 1. The van der Waals surface area contributed by atoms with Crippen molar-refractivity contribution in [2.75, 3.05) is 18.4 Å². The number of carbonyl (C=O) groups excluding carboxylic acids is 1. The van der Waals surface area contributed by atoms with E-state index in [4.69, 9.17) is 0 Å². The van der Waals surface area contributed by atoms with Gasteiger partial charge < -0.3 is 5.32 Å². The van der Waals surface area contributed by atoms with Gasteiger partial charge in [-0.25, -0.2) is 4.98 Å². The minimum Gasteiger partial charge on any atom is -0.300 e. The molecule has 1 aromatic heterocycles. The first kappa shape index (κ1) is 13.3. The van der Waals surface area contributed by atoms with Crippen LogP contribution in [-0.2, 0) is 4.79 Å². The molecule has 20 heavy (non-hydrogen) atoms. The highest BCUT2D eigenvalue weighted by atomic mass is 32.1. The van der Waals surface area contributed by atoms with Gasteiger partial charge in [-0.05, 0) is 31.5 Å². The van der Waals surface area contributed by atoms with Crippen molar-refractivity contribution in [3.05, 3.63) is 47.5 Å². The molecule has 4 nitrogen and oxygen atoms in total. The average Bonchev–Trinajstić information content (AvgIpc) is 3.14. The molecule has 0 spiro atoms. The lowest BCUT2D eigenvalue weighted by Gasteiger charge is -2.26. The maximum atomic E-state index is 12.6. The van der Waals surface area contributed by atoms with E-state index >= 15 is 0 Å². The molecule has 104 valence electrons. The van der Waals surface area contributed by atoms with Gasteiger partial charge in [-0.1, -0.05) is 30.3 Å². The number of nitrogens with one attached hydrogen (secondary N) is 1. The predicted molar refractivity (Wildman–Crippen MR) is 80.7 cm³/mol.